The van der Waals surface area contributed by atoms with Gasteiger partial charge in [-0.15, -0.1) is 0 Å². The van der Waals surface area contributed by atoms with E-state index in [0.717, 1.165) is 133 Å². The number of para-hydroxylation sites is 4. The lowest BCUT2D eigenvalue weighted by Crippen LogP contribution is -2.11. The van der Waals surface area contributed by atoms with Crippen molar-refractivity contribution in [3.05, 3.63) is 388 Å². The lowest BCUT2D eigenvalue weighted by atomic mass is 9.90. The maximum atomic E-state index is 6.60. The average Bonchev–Trinajstić information content (AvgIpc) is 1.50. The zero-order valence-electron chi connectivity index (χ0n) is 56.7. The quantitative estimate of drug-likeness (QED) is 0.115. The summed E-state index contributed by atoms with van der Waals surface area (Å²) in [6.07, 6.45) is 0. The predicted molar refractivity (Wildman–Crippen MR) is 438 cm³/mol. The van der Waals surface area contributed by atoms with Gasteiger partial charge in [0.15, 0.2) is 0 Å². The molecule has 0 aliphatic heterocycles. The first-order chi connectivity index (χ1) is 51.5. The van der Waals surface area contributed by atoms with Crippen LogP contribution >= 0.6 is 0 Å². The fourth-order valence-electron chi connectivity index (χ4n) is 16.0. The standard InChI is InChI=1S/C100H64N2O2/c1-3-18-65(19-4-1)67-36-48-77(49-37-67)101(95-30-13-9-23-85(95)74-46-57-87-75(63-74)47-59-92-90-27-11-15-32-97(90)103-99(87)92)80-54-42-70(43-55-80)82-60-61-84(89-26-8-7-25-88(82)89)73-45-56-83-72(62-73)22-17-29-81(83)69-40-52-79(53-41-69)102(78-50-38-68(39-51-78)66-20-5-2-6-21-66)96-31-14-10-24-86(96)76-35-34-71-44-58-93-91-28-12-16-33-98(91)104-100(93)94(71)64-76/h1-64H. The van der Waals surface area contributed by atoms with E-state index in [1.807, 2.05) is 12.1 Å². The molecule has 104 heavy (non-hydrogen) atoms. The lowest BCUT2D eigenvalue weighted by molar-refractivity contribution is 0.672. The Morgan fingerprint density at radius 2 is 0.500 bits per heavy atom. The normalized spacial score (nSPS) is 11.7. The first kappa shape index (κ1) is 60.2. The van der Waals surface area contributed by atoms with E-state index in [9.17, 15) is 0 Å². The smallest absolute Gasteiger partial charge is 0.143 e. The maximum Gasteiger partial charge on any atom is 0.143 e. The second-order valence-corrected chi connectivity index (χ2v) is 27.0. The van der Waals surface area contributed by atoms with E-state index in [1.165, 1.54) is 66.1 Å². The summed E-state index contributed by atoms with van der Waals surface area (Å²) in [5.74, 6) is 0. The second kappa shape index (κ2) is 25.1. The van der Waals surface area contributed by atoms with Gasteiger partial charge in [0.25, 0.3) is 0 Å². The Morgan fingerprint density at radius 1 is 0.163 bits per heavy atom. The van der Waals surface area contributed by atoms with Gasteiger partial charge in [0, 0.05) is 66.2 Å². The fraction of sp³-hybridized carbons (Fsp3) is 0. The molecule has 0 bridgehead atoms. The van der Waals surface area contributed by atoms with Crippen LogP contribution in [0, 0.1) is 0 Å². The maximum absolute atomic E-state index is 6.60. The number of nitrogens with zero attached hydrogens (tertiary/aromatic N) is 2. The number of furan rings is 2. The Kier molecular flexibility index (Phi) is 14.5. The van der Waals surface area contributed by atoms with Crippen molar-refractivity contribution in [2.24, 2.45) is 0 Å². The Bertz CT molecular complexity index is 6690. The molecule has 0 amide bonds. The number of benzene rings is 18. The van der Waals surface area contributed by atoms with Crippen molar-refractivity contribution in [2.45, 2.75) is 0 Å². The molecule has 0 atom stereocenters. The van der Waals surface area contributed by atoms with E-state index in [1.54, 1.807) is 0 Å². The van der Waals surface area contributed by atoms with Gasteiger partial charge in [0.2, 0.25) is 0 Å². The molecule has 2 aromatic heterocycles. The van der Waals surface area contributed by atoms with E-state index < -0.39 is 0 Å². The van der Waals surface area contributed by atoms with Gasteiger partial charge < -0.3 is 18.6 Å². The van der Waals surface area contributed by atoms with Crippen LogP contribution in [0.4, 0.5) is 34.1 Å². The number of rotatable bonds is 13. The second-order valence-electron chi connectivity index (χ2n) is 27.0. The molecule has 0 N–H and O–H groups in total. The SMILES string of the molecule is c1ccc(-c2ccc(N(c3ccc(-c4ccc(-c5ccc6c(-c7ccc(N(c8ccc(-c9ccccc9)cc8)c8ccccc8-c8ccc9ccc%10c%11ccccc%11oc%10c9c8)cc7)cccc6c5)c5ccccc45)cc3)c3ccccc3-c3ccc4c(ccc5c6ccccc6oc45)c3)cc2)cc1. The van der Waals surface area contributed by atoms with E-state index in [2.05, 4.69) is 386 Å². The summed E-state index contributed by atoms with van der Waals surface area (Å²) in [5.41, 5.74) is 26.2. The summed E-state index contributed by atoms with van der Waals surface area (Å²) >= 11 is 0. The van der Waals surface area contributed by atoms with Gasteiger partial charge in [-0.05, 0) is 208 Å². The molecule has 2 heterocycles. The molecular formula is C100H64N2O2. The molecule has 4 heteroatoms. The first-order valence-corrected chi connectivity index (χ1v) is 35.6. The van der Waals surface area contributed by atoms with Crippen molar-refractivity contribution in [2.75, 3.05) is 9.80 Å². The molecule has 0 aliphatic carbocycles. The zero-order valence-corrected chi connectivity index (χ0v) is 56.7. The monoisotopic (exact) mass is 1320 g/mol. The lowest BCUT2D eigenvalue weighted by Gasteiger charge is -2.28. The van der Waals surface area contributed by atoms with Crippen molar-refractivity contribution in [3.8, 4) is 77.9 Å². The molecule has 0 fully saturated rings. The van der Waals surface area contributed by atoms with Crippen LogP contribution in [0.25, 0.3) is 165 Å². The summed E-state index contributed by atoms with van der Waals surface area (Å²) in [4.78, 5) is 4.80. The number of hydrogen-bond acceptors (Lipinski definition) is 4. The highest BCUT2D eigenvalue weighted by Gasteiger charge is 2.23. The van der Waals surface area contributed by atoms with Gasteiger partial charge in [-0.3, -0.25) is 0 Å². The molecule has 0 unspecified atom stereocenters. The minimum absolute atomic E-state index is 0.896. The van der Waals surface area contributed by atoms with Crippen LogP contribution in [-0.2, 0) is 0 Å². The third-order valence-electron chi connectivity index (χ3n) is 21.1. The molecule has 0 spiro atoms. The third kappa shape index (κ3) is 10.5. The van der Waals surface area contributed by atoms with Gasteiger partial charge in [0.1, 0.15) is 22.3 Å². The summed E-state index contributed by atoms with van der Waals surface area (Å²) in [7, 11) is 0. The molecule has 0 radical (unpaired) electrons. The Morgan fingerprint density at radius 3 is 1.03 bits per heavy atom. The van der Waals surface area contributed by atoms with Crippen molar-refractivity contribution in [3.63, 3.8) is 0 Å². The highest BCUT2D eigenvalue weighted by Crippen LogP contribution is 2.48. The van der Waals surface area contributed by atoms with Crippen molar-refractivity contribution < 1.29 is 8.83 Å². The van der Waals surface area contributed by atoms with Gasteiger partial charge in [-0.25, -0.2) is 0 Å². The molecule has 486 valence electrons. The van der Waals surface area contributed by atoms with Crippen LogP contribution in [0.2, 0.25) is 0 Å². The van der Waals surface area contributed by atoms with Crippen LogP contribution in [0.5, 0.6) is 0 Å². The average molecular weight is 1330 g/mol. The van der Waals surface area contributed by atoms with E-state index >= 15 is 0 Å². The van der Waals surface area contributed by atoms with Crippen molar-refractivity contribution in [1.82, 2.24) is 0 Å². The fourth-order valence-corrected chi connectivity index (χ4v) is 16.0. The molecule has 0 aliphatic rings. The number of hydrogen-bond donors (Lipinski definition) is 0. The third-order valence-corrected chi connectivity index (χ3v) is 21.1. The van der Waals surface area contributed by atoms with Crippen LogP contribution < -0.4 is 9.80 Å². The molecule has 20 aromatic rings. The molecule has 0 saturated heterocycles. The first-order valence-electron chi connectivity index (χ1n) is 35.6. The van der Waals surface area contributed by atoms with E-state index in [0.29, 0.717) is 0 Å². The zero-order chi connectivity index (χ0) is 68.6. The van der Waals surface area contributed by atoms with Crippen LogP contribution in [-0.4, -0.2) is 0 Å². The van der Waals surface area contributed by atoms with Crippen LogP contribution in [0.15, 0.2) is 397 Å². The van der Waals surface area contributed by atoms with Gasteiger partial charge in [-0.1, -0.05) is 279 Å². The van der Waals surface area contributed by atoms with Gasteiger partial charge in [-0.2, -0.15) is 0 Å². The number of anilines is 6. The van der Waals surface area contributed by atoms with E-state index in [-0.39, 0.29) is 0 Å². The topological polar surface area (TPSA) is 32.8 Å². The van der Waals surface area contributed by atoms with Crippen LogP contribution in [0.3, 0.4) is 0 Å². The van der Waals surface area contributed by atoms with Crippen LogP contribution in [0.1, 0.15) is 0 Å². The molecule has 0 saturated carbocycles. The minimum Gasteiger partial charge on any atom is -0.455 e. The molecule has 4 nitrogen and oxygen atoms in total. The van der Waals surface area contributed by atoms with Crippen molar-refractivity contribution >= 4 is 121 Å². The molecule has 18 aromatic carbocycles. The van der Waals surface area contributed by atoms with E-state index in [4.69, 9.17) is 8.83 Å². The summed E-state index contributed by atoms with van der Waals surface area (Å²) in [6.45, 7) is 0. The number of fused-ring (bicyclic) bond motifs is 12. The summed E-state index contributed by atoms with van der Waals surface area (Å²) in [5, 5.41) is 13.8. The highest BCUT2D eigenvalue weighted by molar-refractivity contribution is 6.17. The molecule has 20 rings (SSSR count). The predicted octanol–water partition coefficient (Wildman–Crippen LogP) is 28.7. The minimum atomic E-state index is 0.896. The summed E-state index contributed by atoms with van der Waals surface area (Å²) < 4.78 is 13.1. The Balaban J connectivity index is 0.626. The van der Waals surface area contributed by atoms with Crippen molar-refractivity contribution in [1.29, 1.82) is 0 Å². The van der Waals surface area contributed by atoms with Gasteiger partial charge in [0.05, 0.1) is 11.4 Å². The molecular weight excluding hydrogens is 1260 g/mol. The Labute approximate surface area is 602 Å². The largest absolute Gasteiger partial charge is 0.455 e. The summed E-state index contributed by atoms with van der Waals surface area (Å²) in [6, 6.07) is 141. The highest BCUT2D eigenvalue weighted by atomic mass is 16.3. The van der Waals surface area contributed by atoms with Gasteiger partial charge >= 0.3 is 0 Å². The Hall–Kier alpha value is -13.8.